The lowest BCUT2D eigenvalue weighted by Gasteiger charge is -2.42. The van der Waals surface area contributed by atoms with Gasteiger partial charge in [0.25, 0.3) is 0 Å². The van der Waals surface area contributed by atoms with Crippen LogP contribution in [0.2, 0.25) is 0 Å². The average Bonchev–Trinajstić information content (AvgIpc) is 3.38. The molecule has 3 aliphatic heterocycles. The number of piperidine rings is 1. The van der Waals surface area contributed by atoms with E-state index < -0.39 is 0 Å². The van der Waals surface area contributed by atoms with Crippen LogP contribution in [0, 0.1) is 11.8 Å². The quantitative estimate of drug-likeness (QED) is 0.832. The van der Waals surface area contributed by atoms with Crippen molar-refractivity contribution in [3.8, 4) is 0 Å². The molecule has 5 heteroatoms. The van der Waals surface area contributed by atoms with Crippen molar-refractivity contribution in [2.24, 2.45) is 11.8 Å². The molecule has 2 bridgehead atoms. The Hall–Kier alpha value is -0.810. The van der Waals surface area contributed by atoms with Crippen LogP contribution in [0.4, 0.5) is 4.79 Å². The Balaban J connectivity index is 1.09. The van der Waals surface area contributed by atoms with E-state index in [1.165, 1.54) is 51.6 Å². The summed E-state index contributed by atoms with van der Waals surface area (Å²) < 4.78 is 0. The van der Waals surface area contributed by atoms with E-state index in [9.17, 15) is 4.79 Å². The number of hydrogen-bond acceptors (Lipinski definition) is 3. The predicted octanol–water partition coefficient (Wildman–Crippen LogP) is 2.13. The Labute approximate surface area is 152 Å². The minimum absolute atomic E-state index is 0.198. The molecular formula is C20H34N4O. The molecule has 25 heavy (non-hydrogen) atoms. The molecule has 0 unspecified atom stereocenters. The van der Waals surface area contributed by atoms with Crippen LogP contribution >= 0.6 is 0 Å². The minimum Gasteiger partial charge on any atom is -0.335 e. The van der Waals surface area contributed by atoms with Crippen LogP contribution in [-0.2, 0) is 0 Å². The zero-order valence-electron chi connectivity index (χ0n) is 15.5. The summed E-state index contributed by atoms with van der Waals surface area (Å²) in [4.78, 5) is 20.1. The van der Waals surface area contributed by atoms with Gasteiger partial charge in [-0.25, -0.2) is 4.79 Å². The summed E-state index contributed by atoms with van der Waals surface area (Å²) in [7, 11) is 0. The molecule has 3 heterocycles. The number of nitrogens with zero attached hydrogens (tertiary/aromatic N) is 3. The van der Waals surface area contributed by atoms with Crippen molar-refractivity contribution in [1.82, 2.24) is 20.0 Å². The molecule has 0 aromatic carbocycles. The number of nitrogens with one attached hydrogen (secondary N) is 1. The van der Waals surface area contributed by atoms with Crippen molar-refractivity contribution in [3.05, 3.63) is 0 Å². The highest BCUT2D eigenvalue weighted by Gasteiger charge is 2.43. The van der Waals surface area contributed by atoms with Gasteiger partial charge in [-0.2, -0.15) is 0 Å². The van der Waals surface area contributed by atoms with E-state index in [-0.39, 0.29) is 6.03 Å². The van der Waals surface area contributed by atoms with Crippen LogP contribution < -0.4 is 5.32 Å². The largest absolute Gasteiger partial charge is 0.335 e. The summed E-state index contributed by atoms with van der Waals surface area (Å²) in [5.41, 5.74) is 0. The third-order valence-corrected chi connectivity index (χ3v) is 7.92. The molecule has 5 rings (SSSR count). The monoisotopic (exact) mass is 346 g/mol. The fourth-order valence-electron chi connectivity index (χ4n) is 6.54. The summed E-state index contributed by atoms with van der Waals surface area (Å²) in [6.45, 7) is 6.46. The highest BCUT2D eigenvalue weighted by molar-refractivity contribution is 5.74. The van der Waals surface area contributed by atoms with E-state index in [1.54, 1.807) is 0 Å². The predicted molar refractivity (Wildman–Crippen MR) is 98.5 cm³/mol. The van der Waals surface area contributed by atoms with E-state index >= 15 is 0 Å². The second-order valence-electron chi connectivity index (χ2n) is 9.27. The number of hydrogen-bond donors (Lipinski definition) is 1. The van der Waals surface area contributed by atoms with Gasteiger partial charge in [-0.3, -0.25) is 4.90 Å². The third kappa shape index (κ3) is 3.18. The van der Waals surface area contributed by atoms with Gasteiger partial charge in [0.1, 0.15) is 0 Å². The minimum atomic E-state index is 0.198. The normalized spacial score (nSPS) is 41.9. The Bertz CT molecular complexity index is 504. The Kier molecular flexibility index (Phi) is 4.41. The molecule has 3 saturated heterocycles. The van der Waals surface area contributed by atoms with Gasteiger partial charge in [0.15, 0.2) is 0 Å². The summed E-state index contributed by atoms with van der Waals surface area (Å²) in [5.74, 6) is 1.97. The van der Waals surface area contributed by atoms with Gasteiger partial charge in [-0.05, 0) is 63.3 Å². The SMILES string of the molecule is O=C(N[C@@H]1CCN2CCC[C@@H]2C1)N1CCN([C@H]2C[C@H]3CC[C@H]2C3)CC1. The van der Waals surface area contributed by atoms with Crippen molar-refractivity contribution >= 4 is 6.03 Å². The first-order valence-corrected chi connectivity index (χ1v) is 10.8. The molecule has 5 nitrogen and oxygen atoms in total. The van der Waals surface area contributed by atoms with Gasteiger partial charge in [0.2, 0.25) is 0 Å². The zero-order chi connectivity index (χ0) is 16.8. The van der Waals surface area contributed by atoms with E-state index in [2.05, 4.69) is 20.0 Å². The van der Waals surface area contributed by atoms with Crippen molar-refractivity contribution in [3.63, 3.8) is 0 Å². The molecule has 2 aliphatic carbocycles. The molecule has 2 amide bonds. The second kappa shape index (κ2) is 6.73. The standard InChI is InChI=1S/C20H34N4O/c25-20(21-17-5-7-22-6-1-2-18(22)14-17)24-10-8-23(9-11-24)19-13-15-3-4-16(19)12-15/h15-19H,1-14H2,(H,21,25)/t15-,16-,17+,18+,19-/m0/s1. The smallest absolute Gasteiger partial charge is 0.317 e. The first-order chi connectivity index (χ1) is 12.3. The average molecular weight is 347 g/mol. The fraction of sp³-hybridized carbons (Fsp3) is 0.950. The van der Waals surface area contributed by atoms with Gasteiger partial charge in [0.05, 0.1) is 0 Å². The van der Waals surface area contributed by atoms with E-state index in [1.807, 2.05) is 0 Å². The lowest BCUT2D eigenvalue weighted by atomic mass is 9.93. The maximum atomic E-state index is 12.7. The lowest BCUT2D eigenvalue weighted by Crippen LogP contribution is -2.57. The first kappa shape index (κ1) is 16.4. The molecule has 5 aliphatic rings. The summed E-state index contributed by atoms with van der Waals surface area (Å²) in [5, 5.41) is 3.35. The zero-order valence-corrected chi connectivity index (χ0v) is 15.5. The molecule has 0 spiro atoms. The van der Waals surface area contributed by atoms with Gasteiger partial charge < -0.3 is 15.1 Å². The van der Waals surface area contributed by atoms with E-state index in [0.29, 0.717) is 6.04 Å². The fourth-order valence-corrected chi connectivity index (χ4v) is 6.54. The number of carbonyl (C=O) groups excluding carboxylic acids is 1. The molecule has 0 aromatic rings. The van der Waals surface area contributed by atoms with Crippen LogP contribution in [0.25, 0.3) is 0 Å². The maximum absolute atomic E-state index is 12.7. The van der Waals surface area contributed by atoms with Gasteiger partial charge in [-0.1, -0.05) is 6.42 Å². The Morgan fingerprint density at radius 2 is 1.68 bits per heavy atom. The highest BCUT2D eigenvalue weighted by atomic mass is 16.2. The maximum Gasteiger partial charge on any atom is 0.317 e. The van der Waals surface area contributed by atoms with E-state index in [4.69, 9.17) is 0 Å². The number of amides is 2. The van der Waals surface area contributed by atoms with Crippen molar-refractivity contribution in [1.29, 1.82) is 0 Å². The molecule has 5 atom stereocenters. The summed E-state index contributed by atoms with van der Waals surface area (Å²) in [6.07, 6.45) is 10.8. The molecular weight excluding hydrogens is 312 g/mol. The van der Waals surface area contributed by atoms with E-state index in [0.717, 1.165) is 62.9 Å². The Morgan fingerprint density at radius 3 is 2.44 bits per heavy atom. The first-order valence-electron chi connectivity index (χ1n) is 10.8. The van der Waals surface area contributed by atoms with Crippen molar-refractivity contribution in [2.75, 3.05) is 39.3 Å². The lowest BCUT2D eigenvalue weighted by molar-refractivity contribution is 0.0801. The van der Waals surface area contributed by atoms with Crippen LogP contribution in [0.3, 0.4) is 0 Å². The van der Waals surface area contributed by atoms with Gasteiger partial charge >= 0.3 is 6.03 Å². The molecule has 0 radical (unpaired) electrons. The van der Waals surface area contributed by atoms with Gasteiger partial charge in [-0.15, -0.1) is 0 Å². The summed E-state index contributed by atoms with van der Waals surface area (Å²) >= 11 is 0. The second-order valence-corrected chi connectivity index (χ2v) is 9.27. The molecule has 5 fully saturated rings. The number of urea groups is 1. The number of carbonyl (C=O) groups is 1. The molecule has 0 aromatic heterocycles. The van der Waals surface area contributed by atoms with Crippen molar-refractivity contribution < 1.29 is 4.79 Å². The summed E-state index contributed by atoms with van der Waals surface area (Å²) in [6, 6.07) is 2.16. The third-order valence-electron chi connectivity index (χ3n) is 7.92. The number of rotatable bonds is 2. The van der Waals surface area contributed by atoms with Crippen LogP contribution in [0.5, 0.6) is 0 Å². The van der Waals surface area contributed by atoms with Crippen LogP contribution in [-0.4, -0.2) is 78.1 Å². The molecule has 2 saturated carbocycles. The number of piperazine rings is 1. The van der Waals surface area contributed by atoms with Crippen LogP contribution in [0.15, 0.2) is 0 Å². The number of fused-ring (bicyclic) bond motifs is 3. The molecule has 140 valence electrons. The topological polar surface area (TPSA) is 38.8 Å². The van der Waals surface area contributed by atoms with Crippen LogP contribution in [0.1, 0.15) is 51.4 Å². The Morgan fingerprint density at radius 1 is 0.800 bits per heavy atom. The molecule has 1 N–H and O–H groups in total. The van der Waals surface area contributed by atoms with Crippen molar-refractivity contribution in [2.45, 2.75) is 69.5 Å². The van der Waals surface area contributed by atoms with Gasteiger partial charge in [0, 0.05) is 50.8 Å². The highest BCUT2D eigenvalue weighted by Crippen LogP contribution is 2.46.